The van der Waals surface area contributed by atoms with Gasteiger partial charge < -0.3 is 30.2 Å². The van der Waals surface area contributed by atoms with Crippen LogP contribution in [0.1, 0.15) is 40.3 Å². The Morgan fingerprint density at radius 2 is 1.71 bits per heavy atom. The van der Waals surface area contributed by atoms with Crippen molar-refractivity contribution >= 4 is 29.3 Å². The number of amides is 2. The van der Waals surface area contributed by atoms with Gasteiger partial charge in [0.2, 0.25) is 0 Å². The number of anilines is 1. The smallest absolute Gasteiger partial charge is 0.319 e. The summed E-state index contributed by atoms with van der Waals surface area (Å²) in [5.41, 5.74) is 2.38. The fourth-order valence-corrected chi connectivity index (χ4v) is 4.52. The van der Waals surface area contributed by atoms with E-state index in [1.54, 1.807) is 49.4 Å². The molecule has 4 N–H and O–H groups in total. The van der Waals surface area contributed by atoms with E-state index < -0.39 is 29.4 Å². The van der Waals surface area contributed by atoms with Gasteiger partial charge in [-0.05, 0) is 37.1 Å². The first-order valence-corrected chi connectivity index (χ1v) is 13.2. The molecule has 212 valence electrons. The number of rotatable bonds is 10. The van der Waals surface area contributed by atoms with E-state index in [-0.39, 0.29) is 18.7 Å². The number of halogens is 1. The normalized spacial score (nSPS) is 11.5. The predicted octanol–water partition coefficient (Wildman–Crippen LogP) is 5.79. The Kier molecular flexibility index (Phi) is 9.31. The topological polar surface area (TPSA) is 130 Å². The number of pyridine rings is 1. The van der Waals surface area contributed by atoms with Crippen LogP contribution in [-0.4, -0.2) is 26.8 Å². The van der Waals surface area contributed by atoms with Crippen LogP contribution in [0.3, 0.4) is 0 Å². The lowest BCUT2D eigenvalue weighted by molar-refractivity contribution is -0.137. The van der Waals surface area contributed by atoms with Crippen molar-refractivity contribution in [1.29, 1.82) is 0 Å². The van der Waals surface area contributed by atoms with Crippen molar-refractivity contribution in [3.63, 3.8) is 0 Å². The van der Waals surface area contributed by atoms with Gasteiger partial charge in [-0.15, -0.1) is 0 Å². The number of aryl methyl sites for hydroxylation is 2. The molecule has 2 amide bonds. The fourth-order valence-electron chi connectivity index (χ4n) is 4.29. The van der Waals surface area contributed by atoms with E-state index in [2.05, 4.69) is 10.6 Å². The molecule has 4 aromatic rings. The number of carbonyl (C=O) groups is 2. The molecule has 0 aliphatic heterocycles. The Balaban J connectivity index is 1.58. The van der Waals surface area contributed by atoms with Gasteiger partial charge in [0, 0.05) is 22.3 Å². The number of carboxylic acids is 1. The van der Waals surface area contributed by atoms with E-state index in [4.69, 9.17) is 16.3 Å². The lowest BCUT2D eigenvalue weighted by atomic mass is 10.0. The molecule has 0 unspecified atom stereocenters. The second-order valence-corrected chi connectivity index (χ2v) is 10.0. The number of aromatic nitrogens is 1. The Labute approximate surface area is 242 Å². The van der Waals surface area contributed by atoms with Crippen molar-refractivity contribution in [3.8, 4) is 11.5 Å². The van der Waals surface area contributed by atoms with Crippen LogP contribution in [0.15, 0.2) is 83.8 Å². The van der Waals surface area contributed by atoms with E-state index in [1.165, 1.54) is 10.8 Å². The highest BCUT2D eigenvalue weighted by atomic mass is 35.5. The number of ether oxygens (including phenoxy) is 1. The van der Waals surface area contributed by atoms with E-state index in [9.17, 15) is 24.6 Å². The third kappa shape index (κ3) is 7.46. The summed E-state index contributed by atoms with van der Waals surface area (Å²) in [4.78, 5) is 37.8. The van der Waals surface area contributed by atoms with Gasteiger partial charge in [-0.2, -0.15) is 0 Å². The summed E-state index contributed by atoms with van der Waals surface area (Å²) in [6.07, 6.45) is 1.09. The van der Waals surface area contributed by atoms with Crippen LogP contribution in [0.5, 0.6) is 11.5 Å². The number of carboxylic acid groups (broad SMARTS) is 1. The molecule has 1 atom stereocenters. The minimum atomic E-state index is -1.11. The van der Waals surface area contributed by atoms with Gasteiger partial charge in [0.1, 0.15) is 18.1 Å². The number of hydrogen-bond acceptors (Lipinski definition) is 5. The average molecular weight is 576 g/mol. The first kappa shape index (κ1) is 29.2. The molecule has 10 heteroatoms. The van der Waals surface area contributed by atoms with Crippen molar-refractivity contribution < 1.29 is 24.5 Å². The minimum Gasteiger partial charge on any atom is -0.505 e. The Morgan fingerprint density at radius 3 is 2.39 bits per heavy atom. The van der Waals surface area contributed by atoms with Gasteiger partial charge in [-0.25, -0.2) is 4.79 Å². The molecular weight excluding hydrogens is 546 g/mol. The summed E-state index contributed by atoms with van der Waals surface area (Å²) in [5, 5.41) is 25.4. The second-order valence-electron chi connectivity index (χ2n) is 9.62. The number of urea groups is 1. The Bertz CT molecular complexity index is 1600. The molecule has 1 heterocycles. The zero-order valence-corrected chi connectivity index (χ0v) is 23.3. The van der Waals surface area contributed by atoms with Crippen molar-refractivity contribution in [3.05, 3.63) is 122 Å². The molecule has 41 heavy (non-hydrogen) atoms. The van der Waals surface area contributed by atoms with E-state index >= 15 is 0 Å². The molecular formula is C31H30ClN3O6. The van der Waals surface area contributed by atoms with Crippen molar-refractivity contribution in [2.75, 3.05) is 5.32 Å². The van der Waals surface area contributed by atoms with Crippen LogP contribution < -0.4 is 20.9 Å². The molecule has 0 aliphatic carbocycles. The van der Waals surface area contributed by atoms with Gasteiger partial charge in [0.05, 0.1) is 19.0 Å². The highest BCUT2D eigenvalue weighted by Gasteiger charge is 2.22. The van der Waals surface area contributed by atoms with Crippen molar-refractivity contribution in [1.82, 2.24) is 9.88 Å². The number of nitrogens with one attached hydrogen (secondary N) is 2. The van der Waals surface area contributed by atoms with Gasteiger partial charge in [-0.1, -0.05) is 77.8 Å². The summed E-state index contributed by atoms with van der Waals surface area (Å²) in [6, 6.07) is 20.1. The van der Waals surface area contributed by atoms with Gasteiger partial charge in [0.15, 0.2) is 5.69 Å². The molecule has 0 aliphatic rings. The summed E-state index contributed by atoms with van der Waals surface area (Å²) >= 11 is 6.50. The number of aromatic hydroxyl groups is 1. The summed E-state index contributed by atoms with van der Waals surface area (Å²) in [6.45, 7) is 3.78. The molecule has 9 nitrogen and oxygen atoms in total. The lowest BCUT2D eigenvalue weighted by Gasteiger charge is -2.19. The maximum absolute atomic E-state index is 13.4. The molecule has 1 aromatic heterocycles. The molecule has 0 radical (unpaired) electrons. The van der Waals surface area contributed by atoms with Crippen LogP contribution >= 0.6 is 11.6 Å². The molecule has 0 bridgehead atoms. The first-order chi connectivity index (χ1) is 19.6. The highest BCUT2D eigenvalue weighted by Crippen LogP contribution is 2.30. The van der Waals surface area contributed by atoms with E-state index in [0.717, 1.165) is 11.1 Å². The number of carbonyl (C=O) groups excluding carboxylic acids is 1. The van der Waals surface area contributed by atoms with E-state index in [0.29, 0.717) is 34.1 Å². The zero-order chi connectivity index (χ0) is 29.5. The molecule has 0 saturated carbocycles. The SMILES string of the molecule is Cc1ccc([C@H](CC(=O)O)NC(=O)Nc2c(O)c(C)cn(Cc3c(Cl)cccc3OCc3ccccc3)c2=O)cc1. The van der Waals surface area contributed by atoms with Crippen molar-refractivity contribution in [2.45, 2.75) is 39.5 Å². The Hall–Kier alpha value is -4.76. The largest absolute Gasteiger partial charge is 0.505 e. The quantitative estimate of drug-likeness (QED) is 0.189. The number of benzene rings is 3. The van der Waals surface area contributed by atoms with E-state index in [1.807, 2.05) is 37.3 Å². The Morgan fingerprint density at radius 1 is 1.00 bits per heavy atom. The minimum absolute atomic E-state index is 0.00501. The van der Waals surface area contributed by atoms with Crippen LogP contribution in [0.25, 0.3) is 0 Å². The average Bonchev–Trinajstić information content (AvgIpc) is 2.94. The summed E-state index contributed by atoms with van der Waals surface area (Å²) < 4.78 is 7.33. The lowest BCUT2D eigenvalue weighted by Crippen LogP contribution is -2.36. The summed E-state index contributed by atoms with van der Waals surface area (Å²) in [5.74, 6) is -1.02. The molecule has 4 rings (SSSR count). The van der Waals surface area contributed by atoms with Crippen LogP contribution in [0.2, 0.25) is 5.02 Å². The maximum atomic E-state index is 13.4. The first-order valence-electron chi connectivity index (χ1n) is 12.9. The van der Waals surface area contributed by atoms with Crippen molar-refractivity contribution in [2.24, 2.45) is 0 Å². The molecule has 0 spiro atoms. The van der Waals surface area contributed by atoms with Crippen LogP contribution in [-0.2, 0) is 17.9 Å². The molecule has 0 fully saturated rings. The van der Waals surface area contributed by atoms with Gasteiger partial charge in [0.25, 0.3) is 5.56 Å². The molecule has 3 aromatic carbocycles. The molecule has 0 saturated heterocycles. The zero-order valence-electron chi connectivity index (χ0n) is 22.6. The van der Waals surface area contributed by atoms with Crippen LogP contribution in [0, 0.1) is 13.8 Å². The van der Waals surface area contributed by atoms with Gasteiger partial charge in [-0.3, -0.25) is 9.59 Å². The monoisotopic (exact) mass is 575 g/mol. The number of aliphatic carboxylic acids is 1. The highest BCUT2D eigenvalue weighted by molar-refractivity contribution is 6.31. The maximum Gasteiger partial charge on any atom is 0.319 e. The van der Waals surface area contributed by atoms with Crippen LogP contribution in [0.4, 0.5) is 10.5 Å². The second kappa shape index (κ2) is 13.1. The fraction of sp³-hybridized carbons (Fsp3) is 0.194. The third-order valence-electron chi connectivity index (χ3n) is 6.48. The number of nitrogens with zero attached hydrogens (tertiary/aromatic N) is 1. The van der Waals surface area contributed by atoms with Gasteiger partial charge >= 0.3 is 12.0 Å². The third-order valence-corrected chi connectivity index (χ3v) is 6.83. The summed E-state index contributed by atoms with van der Waals surface area (Å²) in [7, 11) is 0. The standard InChI is InChI=1S/C31H30ClN3O6/c1-19-11-13-22(14-12-19)25(15-27(36)37)33-31(40)34-28-29(38)20(2)16-35(30(28)39)17-23-24(32)9-6-10-26(23)41-18-21-7-4-3-5-8-21/h3-14,16,25,38H,15,17-18H2,1-2H3,(H,36,37)(H2,33,34,40)/t25-/m0/s1. The number of hydrogen-bond donors (Lipinski definition) is 4. The predicted molar refractivity (Wildman–Crippen MR) is 157 cm³/mol.